The quantitative estimate of drug-likeness (QED) is 0.576. The molecule has 0 amide bonds. The molecule has 0 N–H and O–H groups in total. The van der Waals surface area contributed by atoms with Crippen LogP contribution in [0, 0.1) is 18.6 Å². The molecule has 0 unspecified atom stereocenters. The molecule has 0 atom stereocenters. The molecule has 20 heavy (non-hydrogen) atoms. The molecular weight excluding hydrogens is 303 g/mol. The van der Waals surface area contributed by atoms with E-state index in [4.69, 9.17) is 11.6 Å². The standard InChI is InChI=1S/C12H6ClF5N2/c1-5-2-3-6(10(15)9(5)14)7-4-8(13)20-11(19-7)12(16,17)18/h2-4H,1H3. The van der Waals surface area contributed by atoms with Gasteiger partial charge in [-0.25, -0.2) is 18.7 Å². The highest BCUT2D eigenvalue weighted by Crippen LogP contribution is 2.31. The lowest BCUT2D eigenvalue weighted by Crippen LogP contribution is -2.12. The number of benzene rings is 1. The number of rotatable bonds is 1. The second-order valence-corrected chi connectivity index (χ2v) is 4.34. The summed E-state index contributed by atoms with van der Waals surface area (Å²) >= 11 is 5.46. The Morgan fingerprint density at radius 2 is 1.70 bits per heavy atom. The summed E-state index contributed by atoms with van der Waals surface area (Å²) in [7, 11) is 0. The SMILES string of the molecule is Cc1ccc(-c2cc(Cl)nc(C(F)(F)F)n2)c(F)c1F. The summed E-state index contributed by atoms with van der Waals surface area (Å²) in [5.41, 5.74) is -0.820. The molecule has 8 heteroatoms. The number of alkyl halides is 3. The first-order chi connectivity index (χ1) is 9.20. The predicted octanol–water partition coefficient (Wildman–Crippen LogP) is 4.40. The number of hydrogen-bond acceptors (Lipinski definition) is 2. The molecule has 0 saturated carbocycles. The van der Waals surface area contributed by atoms with E-state index in [0.717, 1.165) is 12.1 Å². The van der Waals surface area contributed by atoms with E-state index in [1.165, 1.54) is 13.0 Å². The van der Waals surface area contributed by atoms with Crippen molar-refractivity contribution in [1.82, 2.24) is 9.97 Å². The van der Waals surface area contributed by atoms with Crippen LogP contribution in [0.2, 0.25) is 5.15 Å². The maximum Gasteiger partial charge on any atom is 0.451 e. The maximum atomic E-state index is 13.7. The minimum Gasteiger partial charge on any atom is -0.224 e. The molecule has 2 nitrogen and oxygen atoms in total. The van der Waals surface area contributed by atoms with Crippen molar-refractivity contribution >= 4 is 11.6 Å². The van der Waals surface area contributed by atoms with Gasteiger partial charge < -0.3 is 0 Å². The fourth-order valence-corrected chi connectivity index (χ4v) is 1.71. The molecule has 1 aromatic heterocycles. The molecule has 0 aliphatic heterocycles. The van der Waals surface area contributed by atoms with Gasteiger partial charge in [-0.3, -0.25) is 0 Å². The van der Waals surface area contributed by atoms with Gasteiger partial charge in [-0.05, 0) is 18.6 Å². The third-order valence-corrected chi connectivity index (χ3v) is 2.69. The number of aryl methyl sites for hydroxylation is 1. The summed E-state index contributed by atoms with van der Waals surface area (Å²) in [6.45, 7) is 1.33. The van der Waals surface area contributed by atoms with Crippen molar-refractivity contribution in [3.63, 3.8) is 0 Å². The molecule has 1 heterocycles. The van der Waals surface area contributed by atoms with Crippen molar-refractivity contribution in [3.05, 3.63) is 46.4 Å². The summed E-state index contributed by atoms with van der Waals surface area (Å²) in [4.78, 5) is 6.19. The zero-order valence-corrected chi connectivity index (χ0v) is 10.7. The molecule has 0 bridgehead atoms. The van der Waals surface area contributed by atoms with Gasteiger partial charge in [0.15, 0.2) is 11.6 Å². The first-order valence-corrected chi connectivity index (χ1v) is 5.64. The van der Waals surface area contributed by atoms with Gasteiger partial charge in [-0.2, -0.15) is 13.2 Å². The summed E-state index contributed by atoms with van der Waals surface area (Å²) in [5.74, 6) is -3.95. The normalized spacial score (nSPS) is 11.8. The minimum absolute atomic E-state index is 0.0300. The molecule has 0 saturated heterocycles. The van der Waals surface area contributed by atoms with Crippen molar-refractivity contribution in [2.24, 2.45) is 0 Å². The molecule has 1 aromatic carbocycles. The van der Waals surface area contributed by atoms with Gasteiger partial charge in [0.1, 0.15) is 5.15 Å². The van der Waals surface area contributed by atoms with Crippen LogP contribution in [-0.2, 0) is 6.18 Å². The molecule has 2 aromatic rings. The Bertz CT molecular complexity index is 670. The zero-order valence-electron chi connectivity index (χ0n) is 9.89. The first-order valence-electron chi connectivity index (χ1n) is 5.27. The van der Waals surface area contributed by atoms with E-state index in [1.807, 2.05) is 0 Å². The summed E-state index contributed by atoms with van der Waals surface area (Å²) in [6, 6.07) is 3.30. The van der Waals surface area contributed by atoms with Crippen LogP contribution in [0.4, 0.5) is 22.0 Å². The van der Waals surface area contributed by atoms with Gasteiger partial charge in [0.2, 0.25) is 5.82 Å². The van der Waals surface area contributed by atoms with Gasteiger partial charge in [0.05, 0.1) is 5.69 Å². The van der Waals surface area contributed by atoms with E-state index in [-0.39, 0.29) is 5.56 Å². The van der Waals surface area contributed by atoms with Crippen LogP contribution >= 0.6 is 11.6 Å². The Morgan fingerprint density at radius 3 is 2.30 bits per heavy atom. The average molecular weight is 309 g/mol. The molecule has 2 rings (SSSR count). The molecule has 0 spiro atoms. The van der Waals surface area contributed by atoms with E-state index >= 15 is 0 Å². The molecule has 0 aliphatic carbocycles. The monoisotopic (exact) mass is 308 g/mol. The lowest BCUT2D eigenvalue weighted by Gasteiger charge is -2.09. The van der Waals surface area contributed by atoms with Gasteiger partial charge in [-0.15, -0.1) is 0 Å². The Morgan fingerprint density at radius 1 is 1.05 bits per heavy atom. The second-order valence-electron chi connectivity index (χ2n) is 3.96. The number of aromatic nitrogens is 2. The zero-order chi connectivity index (χ0) is 15.1. The van der Waals surface area contributed by atoms with Crippen LogP contribution in [0.3, 0.4) is 0 Å². The Labute approximate surface area is 115 Å². The fraction of sp³-hybridized carbons (Fsp3) is 0.167. The highest BCUT2D eigenvalue weighted by atomic mass is 35.5. The van der Waals surface area contributed by atoms with Crippen LogP contribution in [0.5, 0.6) is 0 Å². The van der Waals surface area contributed by atoms with Gasteiger partial charge in [-0.1, -0.05) is 17.7 Å². The molecule has 0 radical (unpaired) electrons. The van der Waals surface area contributed by atoms with E-state index in [9.17, 15) is 22.0 Å². The summed E-state index contributed by atoms with van der Waals surface area (Å²) < 4.78 is 64.9. The Hall–Kier alpha value is -1.76. The van der Waals surface area contributed by atoms with Crippen LogP contribution in [0.25, 0.3) is 11.3 Å². The summed E-state index contributed by atoms with van der Waals surface area (Å²) in [6.07, 6.45) is -4.83. The number of halogens is 6. The van der Waals surface area contributed by atoms with E-state index in [1.54, 1.807) is 0 Å². The Balaban J connectivity index is 2.65. The lowest BCUT2D eigenvalue weighted by atomic mass is 10.1. The number of nitrogens with zero attached hydrogens (tertiary/aromatic N) is 2. The van der Waals surface area contributed by atoms with Gasteiger partial charge in [0, 0.05) is 11.6 Å². The first kappa shape index (κ1) is 14.6. The van der Waals surface area contributed by atoms with Crippen molar-refractivity contribution in [1.29, 1.82) is 0 Å². The van der Waals surface area contributed by atoms with Gasteiger partial charge >= 0.3 is 6.18 Å². The van der Waals surface area contributed by atoms with Crippen molar-refractivity contribution < 1.29 is 22.0 Å². The smallest absolute Gasteiger partial charge is 0.224 e. The molecule has 0 fully saturated rings. The van der Waals surface area contributed by atoms with Gasteiger partial charge in [0.25, 0.3) is 0 Å². The predicted molar refractivity (Wildman–Crippen MR) is 62.1 cm³/mol. The second kappa shape index (κ2) is 4.97. The highest BCUT2D eigenvalue weighted by Gasteiger charge is 2.35. The van der Waals surface area contributed by atoms with Crippen LogP contribution < -0.4 is 0 Å². The average Bonchev–Trinajstić information content (AvgIpc) is 2.34. The number of hydrogen-bond donors (Lipinski definition) is 0. The Kier molecular flexibility index (Phi) is 3.64. The molecule has 0 aliphatic rings. The van der Waals surface area contributed by atoms with Crippen molar-refractivity contribution in [3.8, 4) is 11.3 Å². The third kappa shape index (κ3) is 2.72. The fourth-order valence-electron chi connectivity index (χ4n) is 1.53. The maximum absolute atomic E-state index is 13.7. The van der Waals surface area contributed by atoms with E-state index in [0.29, 0.717) is 0 Å². The molecule has 106 valence electrons. The lowest BCUT2D eigenvalue weighted by molar-refractivity contribution is -0.144. The highest BCUT2D eigenvalue weighted by molar-refractivity contribution is 6.29. The van der Waals surface area contributed by atoms with E-state index in [2.05, 4.69) is 9.97 Å². The van der Waals surface area contributed by atoms with Crippen molar-refractivity contribution in [2.75, 3.05) is 0 Å². The van der Waals surface area contributed by atoms with Crippen LogP contribution in [-0.4, -0.2) is 9.97 Å². The largest absolute Gasteiger partial charge is 0.451 e. The van der Waals surface area contributed by atoms with Crippen LogP contribution in [0.15, 0.2) is 18.2 Å². The minimum atomic E-state index is -4.83. The third-order valence-electron chi connectivity index (χ3n) is 2.50. The van der Waals surface area contributed by atoms with Crippen LogP contribution in [0.1, 0.15) is 11.4 Å². The molecular formula is C12H6ClF5N2. The van der Waals surface area contributed by atoms with Crippen molar-refractivity contribution in [2.45, 2.75) is 13.1 Å². The summed E-state index contributed by atoms with van der Waals surface area (Å²) in [5, 5.41) is -0.511. The van der Waals surface area contributed by atoms with E-state index < -0.39 is 40.0 Å². The topological polar surface area (TPSA) is 25.8 Å².